The Labute approximate surface area is 248 Å². The topological polar surface area (TPSA) is 156 Å². The average Bonchev–Trinajstić information content (AvgIpc) is 3.35. The first kappa shape index (κ1) is 32.7. The number of imidazole rings is 1. The van der Waals surface area contributed by atoms with E-state index in [1.54, 1.807) is 22.2 Å². The maximum atomic E-state index is 12.2. The Morgan fingerprint density at radius 2 is 1.86 bits per heavy atom. The number of hydrogen-bond donors (Lipinski definition) is 3. The summed E-state index contributed by atoms with van der Waals surface area (Å²) in [6, 6.07) is 0.0303. The second-order valence-corrected chi connectivity index (χ2v) is 10.9. The normalized spacial score (nSPS) is 20.9. The van der Waals surface area contributed by atoms with Crippen LogP contribution in [0.4, 0.5) is 22.0 Å². The Hall–Kier alpha value is -4.18. The highest BCUT2D eigenvalue weighted by atomic mass is 19.4. The first-order valence-corrected chi connectivity index (χ1v) is 14.2. The van der Waals surface area contributed by atoms with Crippen LogP contribution in [0.15, 0.2) is 23.1 Å². The van der Waals surface area contributed by atoms with Crippen molar-refractivity contribution in [2.75, 3.05) is 7.05 Å². The first-order valence-electron chi connectivity index (χ1n) is 14.2. The second-order valence-electron chi connectivity index (χ2n) is 10.9. The number of carbonyl (C=O) groups excluding carboxylic acids is 3. The molecule has 3 aliphatic rings. The second kappa shape index (κ2) is 13.6. The minimum absolute atomic E-state index is 0.118. The summed E-state index contributed by atoms with van der Waals surface area (Å²) in [5, 5.41) is 18.4. The van der Waals surface area contributed by atoms with E-state index in [4.69, 9.17) is 4.63 Å². The van der Waals surface area contributed by atoms with Crippen molar-refractivity contribution in [2.24, 2.45) is 5.92 Å². The Balaban J connectivity index is 0.000000172. The van der Waals surface area contributed by atoms with Gasteiger partial charge in [-0.05, 0) is 55.8 Å². The van der Waals surface area contributed by atoms with Crippen LogP contribution in [0.1, 0.15) is 84.7 Å². The number of aryl methyl sites for hydroxylation is 1. The maximum Gasteiger partial charge on any atom is 0.408 e. The lowest BCUT2D eigenvalue weighted by Crippen LogP contribution is -2.39. The summed E-state index contributed by atoms with van der Waals surface area (Å²) < 4.78 is 67.2. The summed E-state index contributed by atoms with van der Waals surface area (Å²) in [6.45, 7) is 2.26. The number of fused-ring (bicyclic) bond motifs is 1. The summed E-state index contributed by atoms with van der Waals surface area (Å²) in [5.74, 6) is -5.08. The van der Waals surface area contributed by atoms with Crippen LogP contribution in [-0.2, 0) is 16.1 Å². The zero-order chi connectivity index (χ0) is 32.1. The van der Waals surface area contributed by atoms with Crippen LogP contribution in [0.2, 0.25) is 0 Å². The molecule has 44 heavy (non-hydrogen) atoms. The quantitative estimate of drug-likeness (QED) is 0.286. The molecular formula is C27H33F5N8O4. The Morgan fingerprint density at radius 3 is 2.43 bits per heavy atom. The van der Waals surface area contributed by atoms with E-state index >= 15 is 0 Å². The van der Waals surface area contributed by atoms with Crippen LogP contribution in [0.3, 0.4) is 0 Å². The summed E-state index contributed by atoms with van der Waals surface area (Å²) in [6.07, 6.45) is 3.27. The Kier molecular flexibility index (Phi) is 10.1. The van der Waals surface area contributed by atoms with E-state index in [9.17, 15) is 36.3 Å². The molecule has 1 aliphatic heterocycles. The van der Waals surface area contributed by atoms with Crippen molar-refractivity contribution in [3.63, 3.8) is 0 Å². The molecule has 2 aliphatic carbocycles. The molecule has 1 saturated heterocycles. The highest BCUT2D eigenvalue weighted by Gasteiger charge is 2.49. The zero-order valence-corrected chi connectivity index (χ0v) is 24.1. The third kappa shape index (κ3) is 8.69. The molecule has 0 bridgehead atoms. The van der Waals surface area contributed by atoms with Crippen LogP contribution in [-0.4, -0.2) is 67.8 Å². The van der Waals surface area contributed by atoms with E-state index in [0.29, 0.717) is 31.0 Å². The highest BCUT2D eigenvalue weighted by molar-refractivity contribution is 6.01. The van der Waals surface area contributed by atoms with Crippen molar-refractivity contribution in [1.29, 1.82) is 0 Å². The molecule has 4 heterocycles. The number of amides is 3. The van der Waals surface area contributed by atoms with Crippen LogP contribution in [0.25, 0.3) is 5.65 Å². The molecule has 2 atom stereocenters. The van der Waals surface area contributed by atoms with Gasteiger partial charge in [-0.15, -0.1) is 0 Å². The van der Waals surface area contributed by atoms with E-state index in [-0.39, 0.29) is 24.4 Å². The van der Waals surface area contributed by atoms with Crippen molar-refractivity contribution in [2.45, 2.75) is 88.9 Å². The van der Waals surface area contributed by atoms with Gasteiger partial charge in [-0.2, -0.15) is 18.3 Å². The van der Waals surface area contributed by atoms with Gasteiger partial charge in [-0.25, -0.2) is 22.9 Å². The van der Waals surface area contributed by atoms with Gasteiger partial charge in [0, 0.05) is 25.8 Å². The van der Waals surface area contributed by atoms with E-state index in [1.165, 1.54) is 7.05 Å². The van der Waals surface area contributed by atoms with E-state index in [2.05, 4.69) is 31.0 Å². The number of nitrogens with one attached hydrogen (secondary N) is 3. The fourth-order valence-electron chi connectivity index (χ4n) is 4.70. The molecule has 3 fully saturated rings. The number of aromatic nitrogens is 5. The number of hydrogen-bond acceptors (Lipinski definition) is 8. The lowest BCUT2D eigenvalue weighted by atomic mass is 9.97. The number of carbonyl (C=O) groups is 3. The van der Waals surface area contributed by atoms with Crippen molar-refractivity contribution in [1.82, 2.24) is 40.9 Å². The van der Waals surface area contributed by atoms with Gasteiger partial charge in [-0.3, -0.25) is 14.4 Å². The number of rotatable bonds is 5. The largest absolute Gasteiger partial charge is 0.408 e. The Bertz CT molecular complexity index is 1460. The van der Waals surface area contributed by atoms with Gasteiger partial charge in [0.15, 0.2) is 11.3 Å². The van der Waals surface area contributed by atoms with Crippen LogP contribution in [0.5, 0.6) is 0 Å². The predicted molar refractivity (Wildman–Crippen MR) is 143 cm³/mol. The third-order valence-electron chi connectivity index (χ3n) is 7.28. The lowest BCUT2D eigenvalue weighted by molar-refractivity contribution is -0.155. The summed E-state index contributed by atoms with van der Waals surface area (Å²) in [5.41, 5.74) is 3.46. The van der Waals surface area contributed by atoms with Crippen molar-refractivity contribution < 1.29 is 41.0 Å². The number of alkyl halides is 5. The molecule has 3 amide bonds. The summed E-state index contributed by atoms with van der Waals surface area (Å²) >= 11 is 0. The molecule has 6 rings (SSSR count). The molecule has 3 aromatic rings. The minimum Gasteiger partial charge on any atom is -0.358 e. The van der Waals surface area contributed by atoms with Gasteiger partial charge in [0.05, 0.1) is 24.6 Å². The molecule has 12 nitrogen and oxygen atoms in total. The van der Waals surface area contributed by atoms with Gasteiger partial charge in [0.1, 0.15) is 17.7 Å². The standard InChI is InChI=1S/C14H14N6O2.C7H9F3N2O2.C6H10F2/c1-8-4-11-17-10(7-20(11)16-5-8)6-15-14(21)13-12(9-2-3-9)18-22-19-13;1-11-5(13)3-2-4(7(8,9)10)12-6(3)14;7-6(8)4-2-1-3-5-6/h4-5,7,9H,2-3,6H2,1H3,(H,15,21);3-4H,2H2,1H3,(H,11,13)(H,12,14);1-5H2. The van der Waals surface area contributed by atoms with Crippen LogP contribution < -0.4 is 16.0 Å². The first-order chi connectivity index (χ1) is 20.8. The van der Waals surface area contributed by atoms with Crippen molar-refractivity contribution >= 4 is 23.4 Å². The molecule has 240 valence electrons. The van der Waals surface area contributed by atoms with Crippen molar-refractivity contribution in [3.05, 3.63) is 41.1 Å². The molecule has 0 spiro atoms. The van der Waals surface area contributed by atoms with Crippen LogP contribution >= 0.6 is 0 Å². The molecule has 2 unspecified atom stereocenters. The molecule has 0 aromatic carbocycles. The fraction of sp³-hybridized carbons (Fsp3) is 0.593. The maximum absolute atomic E-state index is 12.2. The third-order valence-corrected chi connectivity index (χ3v) is 7.28. The van der Waals surface area contributed by atoms with Gasteiger partial charge < -0.3 is 16.0 Å². The van der Waals surface area contributed by atoms with Gasteiger partial charge in [0.25, 0.3) is 5.91 Å². The lowest BCUT2D eigenvalue weighted by Gasteiger charge is -2.20. The molecule has 17 heteroatoms. The number of halogens is 5. The average molecular weight is 629 g/mol. The summed E-state index contributed by atoms with van der Waals surface area (Å²) in [4.78, 5) is 38.5. The predicted octanol–water partition coefficient (Wildman–Crippen LogP) is 3.61. The van der Waals surface area contributed by atoms with Gasteiger partial charge >= 0.3 is 6.18 Å². The van der Waals surface area contributed by atoms with E-state index in [0.717, 1.165) is 36.2 Å². The van der Waals surface area contributed by atoms with E-state index in [1.807, 2.05) is 13.0 Å². The Morgan fingerprint density at radius 1 is 1.16 bits per heavy atom. The minimum atomic E-state index is -4.49. The molecule has 3 N–H and O–H groups in total. The van der Waals surface area contributed by atoms with Gasteiger partial charge in [-0.1, -0.05) is 11.6 Å². The summed E-state index contributed by atoms with van der Waals surface area (Å²) in [7, 11) is 1.27. The molecule has 3 aromatic heterocycles. The molecular weight excluding hydrogens is 595 g/mol. The van der Waals surface area contributed by atoms with Gasteiger partial charge in [0.2, 0.25) is 17.7 Å². The van der Waals surface area contributed by atoms with Crippen LogP contribution in [0, 0.1) is 12.8 Å². The SMILES string of the molecule is CNC(=O)C1CC(C(F)(F)F)NC1=O.Cc1cnn2cc(CNC(=O)c3nonc3C3CC3)nc2c1.FC1(F)CCCCC1. The monoisotopic (exact) mass is 628 g/mol. The van der Waals surface area contributed by atoms with Crippen molar-refractivity contribution in [3.8, 4) is 0 Å². The zero-order valence-electron chi connectivity index (χ0n) is 24.1. The fourth-order valence-corrected chi connectivity index (χ4v) is 4.70. The molecule has 2 saturated carbocycles. The molecule has 0 radical (unpaired) electrons. The smallest absolute Gasteiger partial charge is 0.358 e. The number of nitrogens with zero attached hydrogens (tertiary/aromatic N) is 5. The van der Waals surface area contributed by atoms with E-state index < -0.39 is 42.3 Å². The highest BCUT2D eigenvalue weighted by Crippen LogP contribution is 2.40.